The second kappa shape index (κ2) is 6.17. The van der Waals surface area contributed by atoms with Crippen LogP contribution in [0.3, 0.4) is 0 Å². The number of aromatic nitrogens is 2. The van der Waals surface area contributed by atoms with Crippen molar-refractivity contribution in [2.24, 2.45) is 0 Å². The molecule has 1 aromatic carbocycles. The second-order valence-corrected chi connectivity index (χ2v) is 4.20. The highest BCUT2D eigenvalue weighted by molar-refractivity contribution is 5.88. The largest absolute Gasteiger partial charge is 0.478 e. The van der Waals surface area contributed by atoms with Gasteiger partial charge in [-0.05, 0) is 32.0 Å². The number of hydrogen-bond donors (Lipinski definition) is 2. The van der Waals surface area contributed by atoms with E-state index in [1.165, 1.54) is 12.1 Å². The van der Waals surface area contributed by atoms with E-state index < -0.39 is 11.8 Å². The zero-order chi connectivity index (χ0) is 15.4. The SMILES string of the molecule is CCOc1cc(Nc2ccc(C(=O)O)c(F)c2)nc(C)n1. The summed E-state index contributed by atoms with van der Waals surface area (Å²) in [7, 11) is 0. The van der Waals surface area contributed by atoms with Gasteiger partial charge in [-0.25, -0.2) is 14.2 Å². The summed E-state index contributed by atoms with van der Waals surface area (Å²) >= 11 is 0. The van der Waals surface area contributed by atoms with Crippen molar-refractivity contribution in [3.05, 3.63) is 41.5 Å². The predicted molar refractivity (Wildman–Crippen MR) is 74.6 cm³/mol. The van der Waals surface area contributed by atoms with Gasteiger partial charge in [-0.3, -0.25) is 0 Å². The van der Waals surface area contributed by atoms with Crippen LogP contribution in [-0.4, -0.2) is 27.7 Å². The summed E-state index contributed by atoms with van der Waals surface area (Å²) in [6.45, 7) is 4.02. The normalized spacial score (nSPS) is 10.2. The molecule has 0 spiro atoms. The average Bonchev–Trinajstić information content (AvgIpc) is 2.37. The molecule has 1 aromatic heterocycles. The molecule has 0 atom stereocenters. The van der Waals surface area contributed by atoms with E-state index in [1.54, 1.807) is 13.0 Å². The van der Waals surface area contributed by atoms with E-state index >= 15 is 0 Å². The molecule has 0 radical (unpaired) electrons. The number of nitrogens with one attached hydrogen (secondary N) is 1. The van der Waals surface area contributed by atoms with Gasteiger partial charge in [0.15, 0.2) is 0 Å². The third-order valence-electron chi connectivity index (χ3n) is 2.58. The van der Waals surface area contributed by atoms with Crippen LogP contribution in [0.4, 0.5) is 15.9 Å². The summed E-state index contributed by atoms with van der Waals surface area (Å²) in [5, 5.41) is 11.7. The minimum absolute atomic E-state index is 0.380. The maximum atomic E-state index is 13.6. The summed E-state index contributed by atoms with van der Waals surface area (Å²) < 4.78 is 18.9. The summed E-state index contributed by atoms with van der Waals surface area (Å²) in [5.41, 5.74) is 0.00692. The van der Waals surface area contributed by atoms with E-state index in [2.05, 4.69) is 15.3 Å². The lowest BCUT2D eigenvalue weighted by Crippen LogP contribution is -2.03. The van der Waals surface area contributed by atoms with E-state index in [0.29, 0.717) is 29.8 Å². The first-order chi connectivity index (χ1) is 9.99. The first-order valence-corrected chi connectivity index (χ1v) is 6.28. The first-order valence-electron chi connectivity index (χ1n) is 6.28. The van der Waals surface area contributed by atoms with Crippen LogP contribution in [-0.2, 0) is 0 Å². The number of rotatable bonds is 5. The van der Waals surface area contributed by atoms with Crippen LogP contribution < -0.4 is 10.1 Å². The number of carbonyl (C=O) groups is 1. The van der Waals surface area contributed by atoms with Crippen LogP contribution >= 0.6 is 0 Å². The number of halogens is 1. The summed E-state index contributed by atoms with van der Waals surface area (Å²) in [6, 6.07) is 5.34. The standard InChI is InChI=1S/C14H14FN3O3/c1-3-21-13-7-12(16-8(2)17-13)18-9-4-5-10(14(19)20)11(15)6-9/h4-7H,3H2,1-2H3,(H,19,20)(H,16,17,18). The van der Waals surface area contributed by atoms with Crippen LogP contribution in [0.25, 0.3) is 0 Å². The van der Waals surface area contributed by atoms with E-state index in [-0.39, 0.29) is 5.56 Å². The molecule has 110 valence electrons. The van der Waals surface area contributed by atoms with E-state index in [9.17, 15) is 9.18 Å². The Hall–Kier alpha value is -2.70. The molecule has 0 saturated carbocycles. The van der Waals surface area contributed by atoms with Gasteiger partial charge in [0.05, 0.1) is 12.2 Å². The van der Waals surface area contributed by atoms with Crippen molar-refractivity contribution in [3.8, 4) is 5.88 Å². The molecule has 2 N–H and O–H groups in total. The van der Waals surface area contributed by atoms with Crippen molar-refractivity contribution in [1.29, 1.82) is 0 Å². The molecule has 0 unspecified atom stereocenters. The van der Waals surface area contributed by atoms with Gasteiger partial charge in [0.25, 0.3) is 0 Å². The van der Waals surface area contributed by atoms with Gasteiger partial charge in [-0.15, -0.1) is 0 Å². The Morgan fingerprint density at radius 2 is 2.14 bits per heavy atom. The van der Waals surface area contributed by atoms with Crippen molar-refractivity contribution in [2.45, 2.75) is 13.8 Å². The lowest BCUT2D eigenvalue weighted by molar-refractivity contribution is 0.0692. The molecule has 2 rings (SSSR count). The quantitative estimate of drug-likeness (QED) is 0.881. The third kappa shape index (κ3) is 3.65. The molecule has 2 aromatic rings. The Bertz CT molecular complexity index is 677. The number of ether oxygens (including phenoxy) is 1. The number of carboxylic acid groups (broad SMARTS) is 1. The van der Waals surface area contributed by atoms with Crippen molar-refractivity contribution in [2.75, 3.05) is 11.9 Å². The molecule has 6 nitrogen and oxygen atoms in total. The highest BCUT2D eigenvalue weighted by Gasteiger charge is 2.11. The van der Waals surface area contributed by atoms with Gasteiger partial charge in [0.1, 0.15) is 17.5 Å². The Labute approximate surface area is 120 Å². The maximum absolute atomic E-state index is 13.6. The van der Waals surface area contributed by atoms with E-state index in [4.69, 9.17) is 9.84 Å². The van der Waals surface area contributed by atoms with Crippen molar-refractivity contribution < 1.29 is 19.0 Å². The zero-order valence-corrected chi connectivity index (χ0v) is 11.6. The van der Waals surface area contributed by atoms with Crippen LogP contribution in [0.5, 0.6) is 5.88 Å². The van der Waals surface area contributed by atoms with Crippen LogP contribution in [0.15, 0.2) is 24.3 Å². The van der Waals surface area contributed by atoms with Crippen molar-refractivity contribution in [3.63, 3.8) is 0 Å². The summed E-state index contributed by atoms with van der Waals surface area (Å²) in [6.07, 6.45) is 0. The van der Waals surface area contributed by atoms with Gasteiger partial charge in [0, 0.05) is 11.8 Å². The third-order valence-corrected chi connectivity index (χ3v) is 2.58. The molecule has 0 amide bonds. The molecule has 21 heavy (non-hydrogen) atoms. The molecule has 0 fully saturated rings. The molecule has 7 heteroatoms. The van der Waals surface area contributed by atoms with Crippen molar-refractivity contribution >= 4 is 17.5 Å². The highest BCUT2D eigenvalue weighted by Crippen LogP contribution is 2.21. The number of aryl methyl sites for hydroxylation is 1. The Kier molecular flexibility index (Phi) is 4.32. The number of benzene rings is 1. The predicted octanol–water partition coefficient (Wildman–Crippen LogP) is 2.76. The first kappa shape index (κ1) is 14.7. The van der Waals surface area contributed by atoms with Crippen LogP contribution in [0.2, 0.25) is 0 Å². The number of nitrogens with zero attached hydrogens (tertiary/aromatic N) is 2. The lowest BCUT2D eigenvalue weighted by atomic mass is 10.2. The molecule has 1 heterocycles. The summed E-state index contributed by atoms with van der Waals surface area (Å²) in [4.78, 5) is 19.0. The Morgan fingerprint density at radius 3 is 2.76 bits per heavy atom. The topological polar surface area (TPSA) is 84.3 Å². The lowest BCUT2D eigenvalue weighted by Gasteiger charge is -2.09. The van der Waals surface area contributed by atoms with Crippen LogP contribution in [0.1, 0.15) is 23.1 Å². The van der Waals surface area contributed by atoms with Gasteiger partial charge in [-0.2, -0.15) is 4.98 Å². The molecular weight excluding hydrogens is 277 g/mol. The average molecular weight is 291 g/mol. The smallest absolute Gasteiger partial charge is 0.338 e. The fourth-order valence-corrected chi connectivity index (χ4v) is 1.74. The summed E-state index contributed by atoms with van der Waals surface area (Å²) in [5.74, 6) is -0.770. The maximum Gasteiger partial charge on any atom is 0.338 e. The van der Waals surface area contributed by atoms with Gasteiger partial charge in [0.2, 0.25) is 5.88 Å². The monoisotopic (exact) mass is 291 g/mol. The highest BCUT2D eigenvalue weighted by atomic mass is 19.1. The van der Waals surface area contributed by atoms with Gasteiger partial charge >= 0.3 is 5.97 Å². The number of anilines is 2. The van der Waals surface area contributed by atoms with E-state index in [0.717, 1.165) is 6.07 Å². The van der Waals surface area contributed by atoms with Gasteiger partial charge in [-0.1, -0.05) is 0 Å². The fraction of sp³-hybridized carbons (Fsp3) is 0.214. The van der Waals surface area contributed by atoms with E-state index in [1.807, 2.05) is 6.92 Å². The van der Waals surface area contributed by atoms with Crippen LogP contribution in [0, 0.1) is 12.7 Å². The Morgan fingerprint density at radius 1 is 1.38 bits per heavy atom. The molecule has 0 aliphatic carbocycles. The minimum atomic E-state index is -1.31. The number of carboxylic acids is 1. The number of hydrogen-bond acceptors (Lipinski definition) is 5. The molecule has 0 aliphatic rings. The fourth-order valence-electron chi connectivity index (χ4n) is 1.74. The molecule has 0 bridgehead atoms. The Balaban J connectivity index is 2.25. The minimum Gasteiger partial charge on any atom is -0.478 e. The van der Waals surface area contributed by atoms with Gasteiger partial charge < -0.3 is 15.2 Å². The molecule has 0 aliphatic heterocycles. The zero-order valence-electron chi connectivity index (χ0n) is 11.6. The molecular formula is C14H14FN3O3. The van der Waals surface area contributed by atoms with Crippen molar-refractivity contribution in [1.82, 2.24) is 9.97 Å². The molecule has 0 saturated heterocycles. The second-order valence-electron chi connectivity index (χ2n) is 4.20. The number of aromatic carboxylic acids is 1.